The summed E-state index contributed by atoms with van der Waals surface area (Å²) in [6.45, 7) is 4.64. The van der Waals surface area contributed by atoms with Crippen molar-refractivity contribution in [1.29, 1.82) is 0 Å². The molecule has 33 heavy (non-hydrogen) atoms. The van der Waals surface area contributed by atoms with Gasteiger partial charge in [0.25, 0.3) is 5.91 Å². The van der Waals surface area contributed by atoms with E-state index in [4.69, 9.17) is 4.74 Å². The summed E-state index contributed by atoms with van der Waals surface area (Å²) in [6.07, 6.45) is 2.48. The van der Waals surface area contributed by atoms with Gasteiger partial charge in [0.05, 0.1) is 22.3 Å². The molecule has 0 spiro atoms. The smallest absolute Gasteiger partial charge is 0.256 e. The van der Waals surface area contributed by atoms with E-state index in [0.29, 0.717) is 29.7 Å². The molecule has 174 valence electrons. The molecule has 2 heterocycles. The Morgan fingerprint density at radius 3 is 2.52 bits per heavy atom. The van der Waals surface area contributed by atoms with Crippen molar-refractivity contribution >= 4 is 32.5 Å². The van der Waals surface area contributed by atoms with Gasteiger partial charge in [-0.15, -0.1) is 0 Å². The Balaban J connectivity index is 1.73. The number of rotatable bonds is 6. The number of nitrogens with zero attached hydrogens (tertiary/aromatic N) is 1. The molecule has 1 aliphatic rings. The van der Waals surface area contributed by atoms with Gasteiger partial charge in [-0.3, -0.25) is 9.59 Å². The lowest BCUT2D eigenvalue weighted by Crippen LogP contribution is -2.35. The summed E-state index contributed by atoms with van der Waals surface area (Å²) in [5.41, 5.74) is 0.555. The van der Waals surface area contributed by atoms with Crippen LogP contribution in [-0.2, 0) is 10.0 Å². The third kappa shape index (κ3) is 4.94. The molecule has 1 aliphatic heterocycles. The SMILES string of the molecule is CC(C)Oc1ccc(S(=O)(=O)N2CCCCC2)cc1NC(=O)c1cc(=O)[nH]c2ccccc12. The van der Waals surface area contributed by atoms with Gasteiger partial charge >= 0.3 is 0 Å². The Hall–Kier alpha value is -3.17. The Labute approximate surface area is 192 Å². The fraction of sp³-hybridized carbons (Fsp3) is 0.333. The molecule has 0 saturated carbocycles. The molecule has 3 aromatic rings. The number of aromatic nitrogens is 1. The number of H-pyrrole nitrogens is 1. The van der Waals surface area contributed by atoms with Crippen LogP contribution in [0.3, 0.4) is 0 Å². The molecule has 1 aromatic heterocycles. The number of piperidine rings is 1. The van der Waals surface area contributed by atoms with Crippen LogP contribution < -0.4 is 15.6 Å². The highest BCUT2D eigenvalue weighted by Crippen LogP contribution is 2.31. The number of carbonyl (C=O) groups excluding carboxylic acids is 1. The minimum absolute atomic E-state index is 0.0894. The molecule has 0 radical (unpaired) electrons. The molecule has 1 amide bonds. The third-order valence-corrected chi connectivity index (χ3v) is 7.40. The number of para-hydroxylation sites is 1. The van der Waals surface area contributed by atoms with Crippen LogP contribution in [0, 0.1) is 0 Å². The number of benzene rings is 2. The third-order valence-electron chi connectivity index (χ3n) is 5.51. The van der Waals surface area contributed by atoms with E-state index in [9.17, 15) is 18.0 Å². The van der Waals surface area contributed by atoms with Gasteiger partial charge in [0.15, 0.2) is 0 Å². The maximum atomic E-state index is 13.2. The van der Waals surface area contributed by atoms with Crippen molar-refractivity contribution in [2.24, 2.45) is 0 Å². The van der Waals surface area contributed by atoms with E-state index in [-0.39, 0.29) is 22.3 Å². The number of anilines is 1. The van der Waals surface area contributed by atoms with E-state index < -0.39 is 21.5 Å². The van der Waals surface area contributed by atoms with E-state index in [1.807, 2.05) is 13.8 Å². The Kier molecular flexibility index (Phi) is 6.53. The first-order chi connectivity index (χ1) is 15.8. The van der Waals surface area contributed by atoms with Crippen molar-refractivity contribution in [1.82, 2.24) is 9.29 Å². The van der Waals surface area contributed by atoms with Gasteiger partial charge in [-0.2, -0.15) is 4.31 Å². The molecule has 0 bridgehead atoms. The number of nitrogens with one attached hydrogen (secondary N) is 2. The first kappa shape index (κ1) is 23.0. The summed E-state index contributed by atoms with van der Waals surface area (Å²) >= 11 is 0. The second kappa shape index (κ2) is 9.36. The summed E-state index contributed by atoms with van der Waals surface area (Å²) in [4.78, 5) is 28.1. The second-order valence-corrected chi connectivity index (χ2v) is 10.3. The standard InChI is InChI=1S/C24H27N3O5S/c1-16(2)32-22-11-10-17(33(30,31)27-12-6-3-7-13-27)14-21(22)26-24(29)19-15-23(28)25-20-9-5-4-8-18(19)20/h4-5,8-11,14-16H,3,6-7,12-13H2,1-2H3,(H,25,28)(H,26,29). The molecule has 2 aromatic carbocycles. The van der Waals surface area contributed by atoms with Crippen molar-refractivity contribution < 1.29 is 17.9 Å². The number of fused-ring (bicyclic) bond motifs is 1. The van der Waals surface area contributed by atoms with Crippen molar-refractivity contribution in [2.45, 2.75) is 44.1 Å². The van der Waals surface area contributed by atoms with Crippen molar-refractivity contribution in [3.05, 3.63) is 64.4 Å². The fourth-order valence-electron chi connectivity index (χ4n) is 3.96. The first-order valence-corrected chi connectivity index (χ1v) is 12.4. The fourth-order valence-corrected chi connectivity index (χ4v) is 5.50. The van der Waals surface area contributed by atoms with Gasteiger partial charge in [-0.25, -0.2) is 8.42 Å². The van der Waals surface area contributed by atoms with E-state index in [1.54, 1.807) is 30.3 Å². The van der Waals surface area contributed by atoms with Crippen LogP contribution in [0.5, 0.6) is 5.75 Å². The zero-order chi connectivity index (χ0) is 23.6. The van der Waals surface area contributed by atoms with Gasteiger partial charge in [-0.05, 0) is 51.0 Å². The monoisotopic (exact) mass is 469 g/mol. The van der Waals surface area contributed by atoms with E-state index in [2.05, 4.69) is 10.3 Å². The molecule has 0 aliphatic carbocycles. The van der Waals surface area contributed by atoms with Crippen LogP contribution in [0.1, 0.15) is 43.5 Å². The van der Waals surface area contributed by atoms with E-state index in [0.717, 1.165) is 19.3 Å². The largest absolute Gasteiger partial charge is 0.489 e. The molecule has 9 heteroatoms. The zero-order valence-electron chi connectivity index (χ0n) is 18.6. The first-order valence-electron chi connectivity index (χ1n) is 11.0. The quantitative estimate of drug-likeness (QED) is 0.572. The highest BCUT2D eigenvalue weighted by molar-refractivity contribution is 7.89. The predicted molar refractivity (Wildman–Crippen MR) is 127 cm³/mol. The van der Waals surface area contributed by atoms with Crippen molar-refractivity contribution in [3.8, 4) is 5.75 Å². The van der Waals surface area contributed by atoms with Crippen LogP contribution in [0.25, 0.3) is 10.9 Å². The topological polar surface area (TPSA) is 109 Å². The number of carbonyl (C=O) groups is 1. The highest BCUT2D eigenvalue weighted by Gasteiger charge is 2.27. The van der Waals surface area contributed by atoms with Gasteiger partial charge in [-0.1, -0.05) is 24.6 Å². The molecular weight excluding hydrogens is 442 g/mol. The summed E-state index contributed by atoms with van der Waals surface area (Å²) < 4.78 is 33.6. The lowest BCUT2D eigenvalue weighted by atomic mass is 10.1. The van der Waals surface area contributed by atoms with E-state index in [1.165, 1.54) is 22.5 Å². The molecule has 8 nitrogen and oxygen atoms in total. The second-order valence-electron chi connectivity index (χ2n) is 8.34. The van der Waals surface area contributed by atoms with Crippen LogP contribution in [0.15, 0.2) is 58.2 Å². The minimum atomic E-state index is -3.70. The summed E-state index contributed by atoms with van der Waals surface area (Å²) in [6, 6.07) is 12.7. The normalized spacial score (nSPS) is 15.0. The molecule has 2 N–H and O–H groups in total. The predicted octanol–water partition coefficient (Wildman–Crippen LogP) is 3.74. The number of ether oxygens (including phenoxy) is 1. The number of amides is 1. The summed E-state index contributed by atoms with van der Waals surface area (Å²) in [7, 11) is -3.70. The van der Waals surface area contributed by atoms with Crippen LogP contribution >= 0.6 is 0 Å². The molecular formula is C24H27N3O5S. The van der Waals surface area contributed by atoms with Gasteiger partial charge in [0.1, 0.15) is 5.75 Å². The van der Waals surface area contributed by atoms with Gasteiger partial charge in [0.2, 0.25) is 15.6 Å². The Morgan fingerprint density at radius 2 is 1.79 bits per heavy atom. The van der Waals surface area contributed by atoms with Crippen molar-refractivity contribution in [3.63, 3.8) is 0 Å². The zero-order valence-corrected chi connectivity index (χ0v) is 19.4. The average Bonchev–Trinajstić information content (AvgIpc) is 2.79. The Morgan fingerprint density at radius 1 is 1.06 bits per heavy atom. The molecule has 0 unspecified atom stereocenters. The van der Waals surface area contributed by atoms with E-state index >= 15 is 0 Å². The van der Waals surface area contributed by atoms with Crippen LogP contribution in [-0.4, -0.2) is 42.8 Å². The van der Waals surface area contributed by atoms with Crippen molar-refractivity contribution in [2.75, 3.05) is 18.4 Å². The molecule has 1 fully saturated rings. The number of sulfonamides is 1. The lowest BCUT2D eigenvalue weighted by Gasteiger charge is -2.26. The number of hydrogen-bond acceptors (Lipinski definition) is 5. The number of aromatic amines is 1. The Bertz CT molecular complexity index is 1340. The number of hydrogen-bond donors (Lipinski definition) is 2. The highest BCUT2D eigenvalue weighted by atomic mass is 32.2. The van der Waals surface area contributed by atoms with Gasteiger partial charge in [0, 0.05) is 30.1 Å². The maximum absolute atomic E-state index is 13.2. The van der Waals surface area contributed by atoms with Gasteiger partial charge < -0.3 is 15.0 Å². The summed E-state index contributed by atoms with van der Waals surface area (Å²) in [5, 5.41) is 3.35. The van der Waals surface area contributed by atoms with Crippen LogP contribution in [0.2, 0.25) is 0 Å². The number of pyridine rings is 1. The summed E-state index contributed by atoms with van der Waals surface area (Å²) in [5.74, 6) is -0.177. The maximum Gasteiger partial charge on any atom is 0.256 e. The average molecular weight is 470 g/mol. The molecule has 0 atom stereocenters. The van der Waals surface area contributed by atoms with Crippen LogP contribution in [0.4, 0.5) is 5.69 Å². The lowest BCUT2D eigenvalue weighted by molar-refractivity contribution is 0.102. The molecule has 4 rings (SSSR count). The minimum Gasteiger partial charge on any atom is -0.489 e. The molecule has 1 saturated heterocycles.